The summed E-state index contributed by atoms with van der Waals surface area (Å²) in [5, 5.41) is 3.33. The fraction of sp³-hybridized carbons (Fsp3) is 0.158. The first-order chi connectivity index (χ1) is 12.4. The molecule has 0 saturated heterocycles. The second kappa shape index (κ2) is 9.27. The van der Waals surface area contributed by atoms with Crippen LogP contribution in [-0.2, 0) is 14.3 Å². The van der Waals surface area contributed by atoms with E-state index in [1.807, 2.05) is 12.1 Å². The molecular weight excluding hydrogens is 377 g/mol. The molecule has 0 aliphatic rings. The number of methoxy groups -OCH3 is 1. The Morgan fingerprint density at radius 1 is 1.15 bits per heavy atom. The summed E-state index contributed by atoms with van der Waals surface area (Å²) in [4.78, 5) is 24.1. The Labute approximate surface area is 161 Å². The quantitative estimate of drug-likeness (QED) is 0.575. The van der Waals surface area contributed by atoms with E-state index in [9.17, 15) is 9.59 Å². The summed E-state index contributed by atoms with van der Waals surface area (Å²) in [6.07, 6.45) is 1.79. The normalized spacial score (nSPS) is 11.8. The highest BCUT2D eigenvalue weighted by Crippen LogP contribution is 2.25. The Bertz CT molecular complexity index is 836. The second-order valence-corrected chi connectivity index (χ2v) is 6.11. The summed E-state index contributed by atoms with van der Waals surface area (Å²) in [5.74, 6) is -0.534. The Morgan fingerprint density at radius 2 is 1.88 bits per heavy atom. The highest BCUT2D eigenvalue weighted by atomic mass is 35.5. The van der Waals surface area contributed by atoms with Gasteiger partial charge in [-0.1, -0.05) is 41.4 Å². The van der Waals surface area contributed by atoms with E-state index in [4.69, 9.17) is 32.7 Å². The summed E-state index contributed by atoms with van der Waals surface area (Å²) in [7, 11) is 1.54. The summed E-state index contributed by atoms with van der Waals surface area (Å²) >= 11 is 11.8. The first kappa shape index (κ1) is 19.8. The minimum atomic E-state index is -1.00. The molecule has 26 heavy (non-hydrogen) atoms. The van der Waals surface area contributed by atoms with Gasteiger partial charge in [0.1, 0.15) is 5.75 Å². The number of carbonyl (C=O) groups excluding carboxylic acids is 2. The van der Waals surface area contributed by atoms with Gasteiger partial charge in [-0.05, 0) is 37.3 Å². The number of amides is 1. The van der Waals surface area contributed by atoms with Gasteiger partial charge >= 0.3 is 5.97 Å². The van der Waals surface area contributed by atoms with Gasteiger partial charge < -0.3 is 14.8 Å². The minimum absolute atomic E-state index is 0.292. The Balaban J connectivity index is 1.95. The molecule has 5 nitrogen and oxygen atoms in total. The molecule has 2 rings (SSSR count). The van der Waals surface area contributed by atoms with Crippen LogP contribution in [0.4, 0.5) is 5.69 Å². The van der Waals surface area contributed by atoms with Crippen molar-refractivity contribution in [2.24, 2.45) is 0 Å². The average Bonchev–Trinajstić information content (AvgIpc) is 2.62. The number of halogens is 2. The summed E-state index contributed by atoms with van der Waals surface area (Å²) in [6, 6.07) is 11.9. The van der Waals surface area contributed by atoms with Crippen molar-refractivity contribution in [2.45, 2.75) is 13.0 Å². The summed E-state index contributed by atoms with van der Waals surface area (Å²) < 4.78 is 10.3. The molecule has 136 valence electrons. The molecule has 0 fully saturated rings. The standard InChI is InChI=1S/C19H17Cl2NO4/c1-12(19(24)22-16-9-8-14(20)11-15(16)21)26-18(23)10-7-13-5-3-4-6-17(13)25-2/h3-12H,1-2H3,(H,22,24)/b10-7+/t12-/m0/s1. The zero-order valence-electron chi connectivity index (χ0n) is 14.2. The van der Waals surface area contributed by atoms with Crippen molar-refractivity contribution in [1.82, 2.24) is 0 Å². The van der Waals surface area contributed by atoms with Crippen molar-refractivity contribution in [3.63, 3.8) is 0 Å². The number of ether oxygens (including phenoxy) is 2. The summed E-state index contributed by atoms with van der Waals surface area (Å²) in [5.41, 5.74) is 1.10. The van der Waals surface area contributed by atoms with Crippen LogP contribution in [0.3, 0.4) is 0 Å². The highest BCUT2D eigenvalue weighted by Gasteiger charge is 2.17. The molecule has 0 saturated carbocycles. The third-order valence-electron chi connectivity index (χ3n) is 3.39. The van der Waals surface area contributed by atoms with Gasteiger partial charge in [-0.2, -0.15) is 0 Å². The third kappa shape index (κ3) is 5.51. The van der Waals surface area contributed by atoms with Crippen LogP contribution in [0.2, 0.25) is 10.0 Å². The van der Waals surface area contributed by atoms with Gasteiger partial charge in [0.15, 0.2) is 6.10 Å². The number of carbonyl (C=O) groups is 2. The number of nitrogens with one attached hydrogen (secondary N) is 1. The number of esters is 1. The molecule has 2 aromatic rings. The van der Waals surface area contributed by atoms with E-state index >= 15 is 0 Å². The highest BCUT2D eigenvalue weighted by molar-refractivity contribution is 6.36. The third-order valence-corrected chi connectivity index (χ3v) is 3.94. The van der Waals surface area contributed by atoms with Crippen LogP contribution < -0.4 is 10.1 Å². The first-order valence-electron chi connectivity index (χ1n) is 7.68. The van der Waals surface area contributed by atoms with Crippen LogP contribution in [0.5, 0.6) is 5.75 Å². The van der Waals surface area contributed by atoms with Gasteiger partial charge in [0.2, 0.25) is 0 Å². The lowest BCUT2D eigenvalue weighted by Gasteiger charge is -2.13. The SMILES string of the molecule is COc1ccccc1/C=C/C(=O)O[C@@H](C)C(=O)Nc1ccc(Cl)cc1Cl. The monoisotopic (exact) mass is 393 g/mol. The maximum atomic E-state index is 12.1. The fourth-order valence-corrected chi connectivity index (χ4v) is 2.51. The van der Waals surface area contributed by atoms with E-state index in [1.165, 1.54) is 19.1 Å². The molecule has 2 aromatic carbocycles. The topological polar surface area (TPSA) is 64.6 Å². The molecular formula is C19H17Cl2NO4. The molecule has 0 aromatic heterocycles. The number of para-hydroxylation sites is 1. The van der Waals surface area contributed by atoms with Crippen molar-refractivity contribution in [2.75, 3.05) is 12.4 Å². The number of benzene rings is 2. The predicted molar refractivity (Wildman–Crippen MR) is 103 cm³/mol. The van der Waals surface area contributed by atoms with E-state index in [0.29, 0.717) is 21.5 Å². The van der Waals surface area contributed by atoms with Crippen LogP contribution in [0.1, 0.15) is 12.5 Å². The van der Waals surface area contributed by atoms with Crippen molar-refractivity contribution < 1.29 is 19.1 Å². The Hall–Kier alpha value is -2.50. The minimum Gasteiger partial charge on any atom is -0.496 e. The summed E-state index contributed by atoms with van der Waals surface area (Å²) in [6.45, 7) is 1.47. The van der Waals surface area contributed by atoms with Crippen LogP contribution in [0.25, 0.3) is 6.08 Å². The number of hydrogen-bond donors (Lipinski definition) is 1. The maximum absolute atomic E-state index is 12.1. The van der Waals surface area contributed by atoms with E-state index in [2.05, 4.69) is 5.32 Å². The first-order valence-corrected chi connectivity index (χ1v) is 8.44. The van der Waals surface area contributed by atoms with Crippen LogP contribution in [0.15, 0.2) is 48.5 Å². The lowest BCUT2D eigenvalue weighted by molar-refractivity contribution is -0.148. The Kier molecular flexibility index (Phi) is 7.06. The van der Waals surface area contributed by atoms with Crippen molar-refractivity contribution in [3.8, 4) is 5.75 Å². The van der Waals surface area contributed by atoms with Gasteiger partial charge in [0.05, 0.1) is 17.8 Å². The lowest BCUT2D eigenvalue weighted by atomic mass is 10.2. The van der Waals surface area contributed by atoms with Gasteiger partial charge in [-0.15, -0.1) is 0 Å². The zero-order valence-corrected chi connectivity index (χ0v) is 15.7. The fourth-order valence-electron chi connectivity index (χ4n) is 2.05. The van der Waals surface area contributed by atoms with E-state index in [-0.39, 0.29) is 0 Å². The van der Waals surface area contributed by atoms with E-state index in [0.717, 1.165) is 5.56 Å². The van der Waals surface area contributed by atoms with Gasteiger partial charge in [-0.3, -0.25) is 4.79 Å². The molecule has 0 unspecified atom stereocenters. The van der Waals surface area contributed by atoms with Crippen molar-refractivity contribution in [3.05, 3.63) is 64.1 Å². The molecule has 1 amide bonds. The molecule has 0 aliphatic heterocycles. The molecule has 0 spiro atoms. The van der Waals surface area contributed by atoms with Gasteiger partial charge in [0.25, 0.3) is 5.91 Å². The number of rotatable bonds is 6. The molecule has 0 bridgehead atoms. The van der Waals surface area contributed by atoms with E-state index in [1.54, 1.807) is 37.5 Å². The van der Waals surface area contributed by atoms with Crippen molar-refractivity contribution in [1.29, 1.82) is 0 Å². The Morgan fingerprint density at radius 3 is 2.58 bits per heavy atom. The molecule has 0 aliphatic carbocycles. The molecule has 7 heteroatoms. The number of anilines is 1. The molecule has 0 radical (unpaired) electrons. The molecule has 1 atom stereocenters. The smallest absolute Gasteiger partial charge is 0.331 e. The largest absolute Gasteiger partial charge is 0.496 e. The predicted octanol–water partition coefficient (Wildman–Crippen LogP) is 4.59. The van der Waals surface area contributed by atoms with Gasteiger partial charge in [0, 0.05) is 16.7 Å². The van der Waals surface area contributed by atoms with E-state index < -0.39 is 18.0 Å². The zero-order chi connectivity index (χ0) is 19.1. The van der Waals surface area contributed by atoms with Crippen LogP contribution in [-0.4, -0.2) is 25.1 Å². The second-order valence-electron chi connectivity index (χ2n) is 5.27. The van der Waals surface area contributed by atoms with Crippen LogP contribution in [0, 0.1) is 0 Å². The average molecular weight is 394 g/mol. The van der Waals surface area contributed by atoms with Crippen molar-refractivity contribution >= 4 is 46.8 Å². The van der Waals surface area contributed by atoms with Gasteiger partial charge in [-0.25, -0.2) is 4.79 Å². The number of hydrogen-bond acceptors (Lipinski definition) is 4. The lowest BCUT2D eigenvalue weighted by Crippen LogP contribution is -2.29. The molecule has 0 heterocycles. The maximum Gasteiger partial charge on any atom is 0.331 e. The molecule has 1 N–H and O–H groups in total. The van der Waals surface area contributed by atoms with Crippen LogP contribution >= 0.6 is 23.2 Å².